The Morgan fingerprint density at radius 3 is 1.58 bits per heavy atom. The second kappa shape index (κ2) is 16.1. The lowest BCUT2D eigenvalue weighted by Crippen LogP contribution is -2.19. The van der Waals surface area contributed by atoms with Crippen LogP contribution in [-0.2, 0) is 9.05 Å². The summed E-state index contributed by atoms with van der Waals surface area (Å²) in [5, 5.41) is 19.3. The maximum atomic E-state index is 10.3. The fourth-order valence-electron chi connectivity index (χ4n) is 4.06. The van der Waals surface area contributed by atoms with Crippen LogP contribution in [-0.4, -0.2) is 27.8 Å². The SMILES string of the molecule is CCCCCCCCCCCCOP(O)OC(C)C(c1ccc(O)cc1)c1ccc(O)cc1. The molecule has 0 aliphatic rings. The van der Waals surface area contributed by atoms with E-state index in [4.69, 9.17) is 9.05 Å². The van der Waals surface area contributed by atoms with E-state index in [0.717, 1.165) is 24.0 Å². The molecule has 0 bridgehead atoms. The monoisotopic (exact) mass is 476 g/mol. The quantitative estimate of drug-likeness (QED) is 0.160. The summed E-state index contributed by atoms with van der Waals surface area (Å²) in [4.78, 5) is 10.3. The summed E-state index contributed by atoms with van der Waals surface area (Å²) in [6, 6.07) is 13.9. The minimum Gasteiger partial charge on any atom is -0.508 e. The lowest BCUT2D eigenvalue weighted by atomic mass is 9.87. The van der Waals surface area contributed by atoms with E-state index in [2.05, 4.69) is 6.92 Å². The van der Waals surface area contributed by atoms with Crippen LogP contribution in [0.2, 0.25) is 0 Å². The Morgan fingerprint density at radius 2 is 1.12 bits per heavy atom. The Hall–Kier alpha value is -1.65. The molecule has 0 amide bonds. The van der Waals surface area contributed by atoms with Gasteiger partial charge in [-0.3, -0.25) is 0 Å². The first-order valence-corrected chi connectivity index (χ1v) is 13.5. The van der Waals surface area contributed by atoms with E-state index >= 15 is 0 Å². The van der Waals surface area contributed by atoms with Gasteiger partial charge >= 0.3 is 8.60 Å². The summed E-state index contributed by atoms with van der Waals surface area (Å²) < 4.78 is 11.4. The van der Waals surface area contributed by atoms with Crippen LogP contribution >= 0.6 is 8.60 Å². The molecule has 6 heteroatoms. The van der Waals surface area contributed by atoms with Crippen LogP contribution in [0.1, 0.15) is 95.1 Å². The molecule has 2 unspecified atom stereocenters. The maximum Gasteiger partial charge on any atom is 0.330 e. The Kier molecular flexibility index (Phi) is 13.4. The van der Waals surface area contributed by atoms with Crippen LogP contribution < -0.4 is 0 Å². The summed E-state index contributed by atoms with van der Waals surface area (Å²) >= 11 is 0. The predicted octanol–water partition coefficient (Wildman–Crippen LogP) is 7.79. The summed E-state index contributed by atoms with van der Waals surface area (Å²) in [5.74, 6) is 0.214. The van der Waals surface area contributed by atoms with Crippen molar-refractivity contribution >= 4 is 8.60 Å². The number of unbranched alkanes of at least 4 members (excludes halogenated alkanes) is 9. The number of rotatable bonds is 17. The van der Waals surface area contributed by atoms with Crippen LogP contribution in [0.5, 0.6) is 11.5 Å². The van der Waals surface area contributed by atoms with Crippen LogP contribution in [0.3, 0.4) is 0 Å². The lowest BCUT2D eigenvalue weighted by molar-refractivity contribution is 0.142. The predicted molar refractivity (Wildman–Crippen MR) is 136 cm³/mol. The van der Waals surface area contributed by atoms with Crippen molar-refractivity contribution in [3.63, 3.8) is 0 Å². The number of hydrogen-bond donors (Lipinski definition) is 3. The normalized spacial score (nSPS) is 13.3. The second-order valence-electron chi connectivity index (χ2n) is 8.72. The van der Waals surface area contributed by atoms with Crippen LogP contribution in [0, 0.1) is 0 Å². The molecule has 2 aromatic rings. The molecular formula is C27H41O5P. The largest absolute Gasteiger partial charge is 0.508 e. The van der Waals surface area contributed by atoms with Gasteiger partial charge in [0.1, 0.15) is 11.5 Å². The second-order valence-corrected chi connectivity index (χ2v) is 9.67. The highest BCUT2D eigenvalue weighted by Gasteiger charge is 2.25. The zero-order chi connectivity index (χ0) is 23.9. The first-order chi connectivity index (χ1) is 16.0. The van der Waals surface area contributed by atoms with Crippen molar-refractivity contribution in [3.05, 3.63) is 59.7 Å². The van der Waals surface area contributed by atoms with Gasteiger partial charge in [0.05, 0.1) is 12.7 Å². The smallest absolute Gasteiger partial charge is 0.330 e. The fourth-order valence-corrected chi connectivity index (χ4v) is 4.82. The molecule has 3 N–H and O–H groups in total. The number of hydrogen-bond acceptors (Lipinski definition) is 5. The average molecular weight is 477 g/mol. The van der Waals surface area contributed by atoms with Gasteiger partial charge in [-0.2, -0.15) is 0 Å². The highest BCUT2D eigenvalue weighted by molar-refractivity contribution is 7.40. The summed E-state index contributed by atoms with van der Waals surface area (Å²) in [6.07, 6.45) is 12.2. The summed E-state index contributed by atoms with van der Waals surface area (Å²) in [5.41, 5.74) is 1.90. The van der Waals surface area contributed by atoms with E-state index in [1.807, 2.05) is 31.2 Å². The van der Waals surface area contributed by atoms with Gasteiger partial charge in [0.15, 0.2) is 0 Å². The highest BCUT2D eigenvalue weighted by atomic mass is 31.2. The first-order valence-electron chi connectivity index (χ1n) is 12.4. The average Bonchev–Trinajstić information content (AvgIpc) is 2.80. The van der Waals surface area contributed by atoms with E-state index in [1.54, 1.807) is 24.3 Å². The Bertz CT molecular complexity index is 705. The molecule has 184 valence electrons. The number of aromatic hydroxyl groups is 2. The van der Waals surface area contributed by atoms with Crippen molar-refractivity contribution in [1.82, 2.24) is 0 Å². The lowest BCUT2D eigenvalue weighted by Gasteiger charge is -2.26. The maximum absolute atomic E-state index is 10.3. The Morgan fingerprint density at radius 1 is 0.697 bits per heavy atom. The molecule has 2 aromatic carbocycles. The molecule has 0 radical (unpaired) electrons. The third-order valence-corrected chi connectivity index (χ3v) is 6.85. The van der Waals surface area contributed by atoms with Gasteiger partial charge in [0.25, 0.3) is 0 Å². The van der Waals surface area contributed by atoms with Crippen LogP contribution in [0.4, 0.5) is 0 Å². The summed E-state index contributed by atoms with van der Waals surface area (Å²) in [6.45, 7) is 4.64. The zero-order valence-electron chi connectivity index (χ0n) is 20.2. The van der Waals surface area contributed by atoms with E-state index in [9.17, 15) is 15.1 Å². The standard InChI is InChI=1S/C27H41O5P/c1-3-4-5-6-7-8-9-10-11-12-21-31-33(30)32-22(2)27(23-13-17-25(28)18-14-23)24-15-19-26(29)20-16-24/h13-20,22,27-30H,3-12,21H2,1-2H3. The molecular weight excluding hydrogens is 435 g/mol. The van der Waals surface area contributed by atoms with Crippen molar-refractivity contribution in [2.24, 2.45) is 0 Å². The minimum absolute atomic E-state index is 0.177. The molecule has 5 nitrogen and oxygen atoms in total. The molecule has 0 saturated heterocycles. The van der Waals surface area contributed by atoms with Gasteiger partial charge in [-0.15, -0.1) is 0 Å². The van der Waals surface area contributed by atoms with Crippen molar-refractivity contribution in [2.45, 2.75) is 90.1 Å². The molecule has 0 fully saturated rings. The third-order valence-electron chi connectivity index (χ3n) is 5.93. The Labute approximate surface area is 200 Å². The number of benzene rings is 2. The highest BCUT2D eigenvalue weighted by Crippen LogP contribution is 2.41. The van der Waals surface area contributed by atoms with Crippen molar-refractivity contribution < 1.29 is 24.2 Å². The van der Waals surface area contributed by atoms with E-state index < -0.39 is 8.60 Å². The van der Waals surface area contributed by atoms with Crippen LogP contribution in [0.25, 0.3) is 0 Å². The first kappa shape index (κ1) is 27.6. The minimum atomic E-state index is -1.98. The topological polar surface area (TPSA) is 79.2 Å². The van der Waals surface area contributed by atoms with Gasteiger partial charge in [-0.1, -0.05) is 89.0 Å². The Balaban J connectivity index is 1.74. The van der Waals surface area contributed by atoms with Gasteiger partial charge in [-0.25, -0.2) is 0 Å². The molecule has 0 spiro atoms. The molecule has 2 rings (SSSR count). The zero-order valence-corrected chi connectivity index (χ0v) is 21.1. The molecule has 0 aliphatic heterocycles. The van der Waals surface area contributed by atoms with E-state index in [1.165, 1.54) is 51.4 Å². The van der Waals surface area contributed by atoms with Gasteiger partial charge < -0.3 is 24.2 Å². The van der Waals surface area contributed by atoms with Gasteiger partial charge in [0.2, 0.25) is 0 Å². The van der Waals surface area contributed by atoms with E-state index in [0.29, 0.717) is 6.61 Å². The summed E-state index contributed by atoms with van der Waals surface area (Å²) in [7, 11) is -1.98. The molecule has 33 heavy (non-hydrogen) atoms. The van der Waals surface area contributed by atoms with E-state index in [-0.39, 0.29) is 23.5 Å². The number of phenols is 2. The molecule has 0 heterocycles. The molecule has 0 saturated carbocycles. The van der Waals surface area contributed by atoms with Crippen molar-refractivity contribution in [3.8, 4) is 11.5 Å². The van der Waals surface area contributed by atoms with Gasteiger partial charge in [0, 0.05) is 5.92 Å². The number of phenolic OH excluding ortho intramolecular Hbond substituents is 2. The molecule has 0 aromatic heterocycles. The van der Waals surface area contributed by atoms with Crippen LogP contribution in [0.15, 0.2) is 48.5 Å². The van der Waals surface area contributed by atoms with Gasteiger partial charge in [-0.05, 0) is 48.7 Å². The van der Waals surface area contributed by atoms with Crippen molar-refractivity contribution in [1.29, 1.82) is 0 Å². The molecule has 2 atom stereocenters. The third kappa shape index (κ3) is 10.9. The van der Waals surface area contributed by atoms with Crippen molar-refractivity contribution in [2.75, 3.05) is 6.61 Å². The molecule has 0 aliphatic carbocycles. The fraction of sp³-hybridized carbons (Fsp3) is 0.556.